The van der Waals surface area contributed by atoms with E-state index in [0.29, 0.717) is 10.1 Å². The van der Waals surface area contributed by atoms with Crippen LogP contribution < -0.4 is 18.5 Å². The van der Waals surface area contributed by atoms with Crippen LogP contribution in [-0.2, 0) is 24.8 Å². The molecule has 29 heavy (non-hydrogen) atoms. The largest absolute Gasteiger partial charge is 0.495 e. The summed E-state index contributed by atoms with van der Waals surface area (Å²) in [5, 5.41) is 0. The number of rotatable bonds is 7. The van der Waals surface area contributed by atoms with Crippen LogP contribution in [0.1, 0.15) is 13.3 Å². The molecule has 1 heterocycles. The van der Waals surface area contributed by atoms with Gasteiger partial charge in [-0.2, -0.15) is 0 Å². The van der Waals surface area contributed by atoms with Crippen LogP contribution in [0.3, 0.4) is 0 Å². The first-order chi connectivity index (χ1) is 13.7. The third kappa shape index (κ3) is 4.15. The molecule has 0 aliphatic carbocycles. The maximum absolute atomic E-state index is 13.1. The molecule has 2 aromatic carbocycles. The fourth-order valence-electron chi connectivity index (χ4n) is 2.91. The lowest BCUT2D eigenvalue weighted by molar-refractivity contribution is -0.116. The number of hydrogen-bond donors (Lipinski definition) is 1. The predicted octanol–water partition coefficient (Wildman–Crippen LogP) is 1.96. The van der Waals surface area contributed by atoms with E-state index in [9.17, 15) is 21.6 Å². The van der Waals surface area contributed by atoms with E-state index >= 15 is 0 Å². The van der Waals surface area contributed by atoms with Crippen LogP contribution in [0.5, 0.6) is 11.5 Å². The highest BCUT2D eigenvalue weighted by molar-refractivity contribution is 7.94. The molecular formula is C18H20N2O7S2. The number of nitrogens with one attached hydrogen (secondary N) is 1. The maximum atomic E-state index is 13.1. The summed E-state index contributed by atoms with van der Waals surface area (Å²) in [4.78, 5) is 11.8. The number of sulfonamides is 2. The third-order valence-electron chi connectivity index (χ3n) is 4.18. The van der Waals surface area contributed by atoms with E-state index in [2.05, 4.69) is 4.72 Å². The molecule has 1 aliphatic heterocycles. The topological polar surface area (TPSA) is 119 Å². The summed E-state index contributed by atoms with van der Waals surface area (Å²) in [7, 11) is -6.63. The Labute approximate surface area is 169 Å². The summed E-state index contributed by atoms with van der Waals surface area (Å²) in [5.74, 6) is -0.596. The number of para-hydroxylation sites is 2. The van der Waals surface area contributed by atoms with Crippen molar-refractivity contribution in [3.63, 3.8) is 0 Å². The van der Waals surface area contributed by atoms with E-state index < -0.39 is 26.0 Å². The molecule has 1 fully saturated rings. The van der Waals surface area contributed by atoms with Crippen molar-refractivity contribution in [3.8, 4) is 11.5 Å². The number of anilines is 2. The summed E-state index contributed by atoms with van der Waals surface area (Å²) in [6.45, 7) is 1.88. The second kappa shape index (κ2) is 7.91. The minimum atomic E-state index is -4.19. The lowest BCUT2D eigenvalue weighted by Crippen LogP contribution is -2.29. The van der Waals surface area contributed by atoms with Gasteiger partial charge >= 0.3 is 0 Å². The first-order valence-corrected chi connectivity index (χ1v) is 11.8. The second-order valence-electron chi connectivity index (χ2n) is 6.09. The Balaban J connectivity index is 2.09. The fraction of sp³-hybridized carbons (Fsp3) is 0.278. The van der Waals surface area contributed by atoms with Gasteiger partial charge in [-0.3, -0.25) is 9.52 Å². The van der Waals surface area contributed by atoms with Gasteiger partial charge in [0.1, 0.15) is 16.4 Å². The molecule has 0 bridgehead atoms. The molecule has 1 N–H and O–H groups in total. The van der Waals surface area contributed by atoms with E-state index in [1.165, 1.54) is 25.3 Å². The average molecular weight is 440 g/mol. The van der Waals surface area contributed by atoms with Gasteiger partial charge < -0.3 is 9.47 Å². The van der Waals surface area contributed by atoms with Gasteiger partial charge in [0.25, 0.3) is 10.0 Å². The van der Waals surface area contributed by atoms with Crippen LogP contribution >= 0.6 is 0 Å². The molecule has 3 rings (SSSR count). The van der Waals surface area contributed by atoms with Gasteiger partial charge in [-0.25, -0.2) is 21.1 Å². The minimum Gasteiger partial charge on any atom is -0.495 e. The Hall–Kier alpha value is -2.79. The van der Waals surface area contributed by atoms with Crippen molar-refractivity contribution in [3.05, 3.63) is 42.5 Å². The van der Waals surface area contributed by atoms with Crippen molar-refractivity contribution in [1.82, 2.24) is 0 Å². The smallest absolute Gasteiger partial charge is 0.265 e. The zero-order valence-corrected chi connectivity index (χ0v) is 17.4. The van der Waals surface area contributed by atoms with E-state index in [4.69, 9.17) is 9.47 Å². The fourth-order valence-corrected chi connectivity index (χ4v) is 5.59. The zero-order valence-electron chi connectivity index (χ0n) is 15.8. The van der Waals surface area contributed by atoms with Gasteiger partial charge in [0.15, 0.2) is 0 Å². The van der Waals surface area contributed by atoms with Gasteiger partial charge in [0.05, 0.1) is 30.8 Å². The summed E-state index contributed by atoms with van der Waals surface area (Å²) in [5.41, 5.74) is 0.143. The first-order valence-electron chi connectivity index (χ1n) is 8.68. The number of hydrogen-bond acceptors (Lipinski definition) is 7. The standard InChI is InChI=1S/C18H20N2O7S2/c1-3-27-16-9-8-13(20-18(21)10-11-28(20,22)23)12-17(16)29(24,25)19-14-6-4-5-7-15(14)26-2/h4-9,12,19H,3,10-11H2,1-2H3. The number of methoxy groups -OCH3 is 1. The summed E-state index contributed by atoms with van der Waals surface area (Å²) >= 11 is 0. The molecule has 0 unspecified atom stereocenters. The van der Waals surface area contributed by atoms with Crippen molar-refractivity contribution < 1.29 is 31.1 Å². The molecule has 0 saturated carbocycles. The van der Waals surface area contributed by atoms with E-state index in [0.717, 1.165) is 6.07 Å². The molecule has 0 atom stereocenters. The molecule has 0 spiro atoms. The van der Waals surface area contributed by atoms with Crippen molar-refractivity contribution in [1.29, 1.82) is 0 Å². The SMILES string of the molecule is CCOc1ccc(N2C(=O)CCS2(=O)=O)cc1S(=O)(=O)Nc1ccccc1OC. The van der Waals surface area contributed by atoms with Crippen LogP contribution in [0, 0.1) is 0 Å². The highest BCUT2D eigenvalue weighted by atomic mass is 32.2. The molecule has 156 valence electrons. The van der Waals surface area contributed by atoms with Gasteiger partial charge in [-0.15, -0.1) is 0 Å². The highest BCUT2D eigenvalue weighted by Crippen LogP contribution is 2.35. The number of nitrogens with zero attached hydrogens (tertiary/aromatic N) is 1. The monoisotopic (exact) mass is 440 g/mol. The highest BCUT2D eigenvalue weighted by Gasteiger charge is 2.37. The van der Waals surface area contributed by atoms with Gasteiger partial charge in [0, 0.05) is 6.42 Å². The Morgan fingerprint density at radius 1 is 1.14 bits per heavy atom. The van der Waals surface area contributed by atoms with Gasteiger partial charge in [-0.05, 0) is 37.3 Å². The Kier molecular flexibility index (Phi) is 5.71. The van der Waals surface area contributed by atoms with Crippen LogP contribution in [-0.4, -0.2) is 42.2 Å². The first kappa shape index (κ1) is 20.9. The third-order valence-corrected chi connectivity index (χ3v) is 7.26. The van der Waals surface area contributed by atoms with Crippen molar-refractivity contribution in [2.75, 3.05) is 28.5 Å². The molecule has 11 heteroatoms. The number of carbonyl (C=O) groups is 1. The Bertz CT molecular complexity index is 1140. The Morgan fingerprint density at radius 3 is 2.48 bits per heavy atom. The average Bonchev–Trinajstić information content (AvgIpc) is 2.95. The lowest BCUT2D eigenvalue weighted by Gasteiger charge is -2.19. The maximum Gasteiger partial charge on any atom is 0.265 e. The predicted molar refractivity (Wildman–Crippen MR) is 107 cm³/mol. The van der Waals surface area contributed by atoms with E-state index in [1.807, 2.05) is 0 Å². The summed E-state index contributed by atoms with van der Waals surface area (Å²) < 4.78 is 64.2. The molecule has 2 aromatic rings. The van der Waals surface area contributed by atoms with Crippen molar-refractivity contribution in [2.24, 2.45) is 0 Å². The van der Waals surface area contributed by atoms with Gasteiger partial charge in [-0.1, -0.05) is 12.1 Å². The molecule has 0 radical (unpaired) electrons. The summed E-state index contributed by atoms with van der Waals surface area (Å²) in [6, 6.07) is 10.2. The molecule has 1 aliphatic rings. The number of benzene rings is 2. The second-order valence-corrected chi connectivity index (χ2v) is 9.68. The minimum absolute atomic E-state index is 0.0303. The normalized spacial score (nSPS) is 15.9. The molecule has 1 amide bonds. The number of carbonyl (C=O) groups excluding carboxylic acids is 1. The van der Waals surface area contributed by atoms with Crippen LogP contribution in [0.4, 0.5) is 11.4 Å². The lowest BCUT2D eigenvalue weighted by atomic mass is 10.3. The van der Waals surface area contributed by atoms with Crippen molar-refractivity contribution >= 4 is 37.3 Å². The molecular weight excluding hydrogens is 420 g/mol. The number of ether oxygens (including phenoxy) is 2. The zero-order chi connectivity index (χ0) is 21.2. The molecule has 1 saturated heterocycles. The molecule has 9 nitrogen and oxygen atoms in total. The summed E-state index contributed by atoms with van der Waals surface area (Å²) in [6.07, 6.45) is -0.156. The number of amides is 1. The van der Waals surface area contributed by atoms with Crippen molar-refractivity contribution in [2.45, 2.75) is 18.2 Å². The Morgan fingerprint density at radius 2 is 1.86 bits per heavy atom. The van der Waals surface area contributed by atoms with E-state index in [1.54, 1.807) is 25.1 Å². The quantitative estimate of drug-likeness (QED) is 0.699. The van der Waals surface area contributed by atoms with Crippen LogP contribution in [0.25, 0.3) is 0 Å². The molecule has 0 aromatic heterocycles. The van der Waals surface area contributed by atoms with Crippen LogP contribution in [0.15, 0.2) is 47.4 Å². The van der Waals surface area contributed by atoms with Gasteiger partial charge in [0.2, 0.25) is 15.9 Å². The van der Waals surface area contributed by atoms with Crippen LogP contribution in [0.2, 0.25) is 0 Å². The van der Waals surface area contributed by atoms with E-state index in [-0.39, 0.29) is 40.8 Å².